The molecule has 1 aromatic carbocycles. The smallest absolute Gasteiger partial charge is 0.181 e. The third-order valence-corrected chi connectivity index (χ3v) is 4.53. The number of benzene rings is 1. The molecule has 1 unspecified atom stereocenters. The van der Waals surface area contributed by atoms with E-state index in [0.29, 0.717) is 15.6 Å². The molecule has 3 nitrogen and oxygen atoms in total. The van der Waals surface area contributed by atoms with Gasteiger partial charge in [0.2, 0.25) is 0 Å². The number of likely N-dealkylation sites (N-methyl/N-ethyl adjacent to an activating group) is 1. The molecule has 2 rings (SSSR count). The summed E-state index contributed by atoms with van der Waals surface area (Å²) in [5.41, 5.74) is 0.557. The predicted molar refractivity (Wildman–Crippen MR) is 83.9 cm³/mol. The summed E-state index contributed by atoms with van der Waals surface area (Å²) < 4.78 is 0. The molecule has 1 fully saturated rings. The lowest BCUT2D eigenvalue weighted by molar-refractivity contribution is 0.0710. The SMILES string of the molecule is CCN1CCN(C(C)C(=O)c2ccc(Cl)cc2Cl)CC1. The molecule has 0 spiro atoms. The molecule has 1 aromatic rings. The van der Waals surface area contributed by atoms with Crippen LogP contribution in [0, 0.1) is 0 Å². The second-order valence-electron chi connectivity index (χ2n) is 5.13. The minimum atomic E-state index is -0.146. The molecule has 0 bridgehead atoms. The van der Waals surface area contributed by atoms with Gasteiger partial charge < -0.3 is 4.90 Å². The molecule has 1 saturated heterocycles. The third-order valence-electron chi connectivity index (χ3n) is 3.98. The Balaban J connectivity index is 2.05. The summed E-state index contributed by atoms with van der Waals surface area (Å²) in [6.45, 7) is 9.06. The number of nitrogens with zero attached hydrogens (tertiary/aromatic N) is 2. The summed E-state index contributed by atoms with van der Waals surface area (Å²) in [5.74, 6) is 0.0663. The summed E-state index contributed by atoms with van der Waals surface area (Å²) >= 11 is 12.0. The van der Waals surface area contributed by atoms with Gasteiger partial charge in [-0.1, -0.05) is 30.1 Å². The molecule has 20 heavy (non-hydrogen) atoms. The highest BCUT2D eigenvalue weighted by Gasteiger charge is 2.26. The first-order valence-corrected chi connectivity index (χ1v) is 7.74. The third kappa shape index (κ3) is 3.53. The highest BCUT2D eigenvalue weighted by molar-refractivity contribution is 6.37. The molecule has 0 aliphatic carbocycles. The van der Waals surface area contributed by atoms with Gasteiger partial charge in [-0.05, 0) is 31.7 Å². The van der Waals surface area contributed by atoms with E-state index in [9.17, 15) is 4.79 Å². The lowest BCUT2D eigenvalue weighted by Gasteiger charge is -2.37. The first-order valence-electron chi connectivity index (χ1n) is 6.98. The van der Waals surface area contributed by atoms with Crippen LogP contribution in [0.15, 0.2) is 18.2 Å². The van der Waals surface area contributed by atoms with E-state index < -0.39 is 0 Å². The summed E-state index contributed by atoms with van der Waals surface area (Å²) in [5, 5.41) is 0.984. The van der Waals surface area contributed by atoms with E-state index >= 15 is 0 Å². The Morgan fingerprint density at radius 2 is 1.90 bits per heavy atom. The fourth-order valence-corrected chi connectivity index (χ4v) is 3.05. The van der Waals surface area contributed by atoms with Gasteiger partial charge in [-0.3, -0.25) is 9.69 Å². The summed E-state index contributed by atoms with van der Waals surface area (Å²) in [6.07, 6.45) is 0. The van der Waals surface area contributed by atoms with Gasteiger partial charge in [0.05, 0.1) is 11.1 Å². The molecule has 1 aliphatic heterocycles. The number of ketones is 1. The number of carbonyl (C=O) groups is 1. The largest absolute Gasteiger partial charge is 0.301 e. The molecule has 1 aliphatic rings. The highest BCUT2D eigenvalue weighted by atomic mass is 35.5. The van der Waals surface area contributed by atoms with Gasteiger partial charge in [0.1, 0.15) is 0 Å². The van der Waals surface area contributed by atoms with Crippen molar-refractivity contribution in [2.45, 2.75) is 19.9 Å². The van der Waals surface area contributed by atoms with Crippen LogP contribution in [-0.2, 0) is 0 Å². The molecule has 0 radical (unpaired) electrons. The normalized spacial score (nSPS) is 19.0. The van der Waals surface area contributed by atoms with Gasteiger partial charge in [0, 0.05) is 36.8 Å². The zero-order valence-electron chi connectivity index (χ0n) is 11.9. The van der Waals surface area contributed by atoms with Crippen molar-refractivity contribution in [1.82, 2.24) is 9.80 Å². The number of Topliss-reactive ketones (excluding diaryl/α,β-unsaturated/α-hetero) is 1. The van der Waals surface area contributed by atoms with E-state index in [4.69, 9.17) is 23.2 Å². The number of rotatable bonds is 4. The average molecular weight is 315 g/mol. The van der Waals surface area contributed by atoms with E-state index in [0.717, 1.165) is 32.7 Å². The molecule has 110 valence electrons. The molecule has 1 heterocycles. The molecule has 1 atom stereocenters. The van der Waals surface area contributed by atoms with Crippen LogP contribution >= 0.6 is 23.2 Å². The number of hydrogen-bond donors (Lipinski definition) is 0. The van der Waals surface area contributed by atoms with Crippen LogP contribution in [0.5, 0.6) is 0 Å². The van der Waals surface area contributed by atoms with Crippen LogP contribution in [-0.4, -0.2) is 54.3 Å². The summed E-state index contributed by atoms with van der Waals surface area (Å²) in [4.78, 5) is 17.2. The number of hydrogen-bond acceptors (Lipinski definition) is 3. The number of piperazine rings is 1. The molecule has 0 aromatic heterocycles. The molecule has 0 saturated carbocycles. The maximum atomic E-state index is 12.5. The van der Waals surface area contributed by atoms with Crippen molar-refractivity contribution < 1.29 is 4.79 Å². The van der Waals surface area contributed by atoms with Gasteiger partial charge in [-0.15, -0.1) is 0 Å². The maximum absolute atomic E-state index is 12.5. The quantitative estimate of drug-likeness (QED) is 0.797. The van der Waals surface area contributed by atoms with Crippen molar-refractivity contribution in [2.24, 2.45) is 0 Å². The molecule has 0 N–H and O–H groups in total. The highest BCUT2D eigenvalue weighted by Crippen LogP contribution is 2.23. The van der Waals surface area contributed by atoms with Gasteiger partial charge in [-0.2, -0.15) is 0 Å². The van der Waals surface area contributed by atoms with Crippen molar-refractivity contribution in [3.05, 3.63) is 33.8 Å². The van der Waals surface area contributed by atoms with Crippen LogP contribution in [0.2, 0.25) is 10.0 Å². The standard InChI is InChI=1S/C15H20Cl2N2O/c1-3-18-6-8-19(9-7-18)11(2)15(20)13-5-4-12(16)10-14(13)17/h4-5,10-11H,3,6-9H2,1-2H3. The minimum absolute atomic E-state index is 0.0663. The minimum Gasteiger partial charge on any atom is -0.301 e. The van der Waals surface area contributed by atoms with Crippen LogP contribution in [0.1, 0.15) is 24.2 Å². The number of halogens is 2. The van der Waals surface area contributed by atoms with E-state index in [1.807, 2.05) is 6.92 Å². The first kappa shape index (κ1) is 15.8. The average Bonchev–Trinajstić information content (AvgIpc) is 2.46. The fourth-order valence-electron chi connectivity index (χ4n) is 2.55. The van der Waals surface area contributed by atoms with Gasteiger partial charge in [-0.25, -0.2) is 0 Å². The second kappa shape index (κ2) is 6.90. The Bertz CT molecular complexity index is 485. The molecular weight excluding hydrogens is 295 g/mol. The fraction of sp³-hybridized carbons (Fsp3) is 0.533. The zero-order valence-corrected chi connectivity index (χ0v) is 13.4. The van der Waals surface area contributed by atoms with Crippen molar-refractivity contribution in [1.29, 1.82) is 0 Å². The molecule has 0 amide bonds. The monoisotopic (exact) mass is 314 g/mol. The Kier molecular flexibility index (Phi) is 5.44. The van der Waals surface area contributed by atoms with Gasteiger partial charge >= 0.3 is 0 Å². The maximum Gasteiger partial charge on any atom is 0.181 e. The van der Waals surface area contributed by atoms with Gasteiger partial charge in [0.15, 0.2) is 5.78 Å². The van der Waals surface area contributed by atoms with Crippen LogP contribution < -0.4 is 0 Å². The van der Waals surface area contributed by atoms with Crippen molar-refractivity contribution in [3.63, 3.8) is 0 Å². The Morgan fingerprint density at radius 1 is 1.25 bits per heavy atom. The molecular formula is C15H20Cl2N2O. The topological polar surface area (TPSA) is 23.6 Å². The van der Waals surface area contributed by atoms with Crippen LogP contribution in [0.4, 0.5) is 0 Å². The van der Waals surface area contributed by atoms with E-state index in [2.05, 4.69) is 16.7 Å². The summed E-state index contributed by atoms with van der Waals surface area (Å²) in [7, 11) is 0. The Hall–Kier alpha value is -0.610. The Labute approximate surface area is 130 Å². The second-order valence-corrected chi connectivity index (χ2v) is 5.98. The van der Waals surface area contributed by atoms with Crippen molar-refractivity contribution >= 4 is 29.0 Å². The lowest BCUT2D eigenvalue weighted by atomic mass is 10.0. The first-order chi connectivity index (χ1) is 9.52. The van der Waals surface area contributed by atoms with Crippen LogP contribution in [0.3, 0.4) is 0 Å². The van der Waals surface area contributed by atoms with Gasteiger partial charge in [0.25, 0.3) is 0 Å². The van der Waals surface area contributed by atoms with Crippen molar-refractivity contribution in [3.8, 4) is 0 Å². The summed E-state index contributed by atoms with van der Waals surface area (Å²) in [6, 6.07) is 4.90. The Morgan fingerprint density at radius 3 is 2.45 bits per heavy atom. The predicted octanol–water partition coefficient (Wildman–Crippen LogP) is 3.20. The molecule has 5 heteroatoms. The van der Waals surface area contributed by atoms with E-state index in [1.165, 1.54) is 0 Å². The zero-order chi connectivity index (χ0) is 14.7. The van der Waals surface area contributed by atoms with E-state index in [-0.39, 0.29) is 11.8 Å². The van der Waals surface area contributed by atoms with Crippen LogP contribution in [0.25, 0.3) is 0 Å². The van der Waals surface area contributed by atoms with Crippen molar-refractivity contribution in [2.75, 3.05) is 32.7 Å². The lowest BCUT2D eigenvalue weighted by Crippen LogP contribution is -2.51. The number of carbonyl (C=O) groups excluding carboxylic acids is 1. The van der Waals surface area contributed by atoms with E-state index in [1.54, 1.807) is 18.2 Å².